The monoisotopic (exact) mass is 307 g/mol. The Morgan fingerprint density at radius 1 is 1.29 bits per heavy atom. The zero-order valence-electron chi connectivity index (χ0n) is 8.50. The van der Waals surface area contributed by atoms with Crippen molar-refractivity contribution in [3.8, 4) is 11.5 Å². The van der Waals surface area contributed by atoms with Crippen molar-refractivity contribution >= 4 is 22.6 Å². The highest BCUT2D eigenvalue weighted by Gasteiger charge is 2.11. The van der Waals surface area contributed by atoms with Crippen molar-refractivity contribution in [2.24, 2.45) is 5.73 Å². The number of ether oxygens (including phenoxy) is 2. The van der Waals surface area contributed by atoms with Crippen LogP contribution < -0.4 is 15.2 Å². The number of hydrogen-bond donors (Lipinski definition) is 1. The van der Waals surface area contributed by atoms with Gasteiger partial charge in [-0.15, -0.1) is 0 Å². The second-order valence-corrected chi connectivity index (χ2v) is 4.19. The van der Waals surface area contributed by atoms with E-state index in [1.165, 1.54) is 0 Å². The van der Waals surface area contributed by atoms with E-state index >= 15 is 0 Å². The molecule has 0 aromatic heterocycles. The minimum atomic E-state index is 0.00308. The van der Waals surface area contributed by atoms with Gasteiger partial charge in [0.05, 0.1) is 17.8 Å². The minimum Gasteiger partial charge on any atom is -0.493 e. The van der Waals surface area contributed by atoms with E-state index in [1.54, 1.807) is 14.2 Å². The molecule has 0 saturated carbocycles. The molecule has 0 bridgehead atoms. The Morgan fingerprint density at radius 3 is 2.36 bits per heavy atom. The molecule has 0 aliphatic heterocycles. The molecule has 0 heterocycles. The van der Waals surface area contributed by atoms with Crippen LogP contribution in [0.15, 0.2) is 12.1 Å². The van der Waals surface area contributed by atoms with Crippen LogP contribution in [0, 0.1) is 3.57 Å². The first kappa shape index (κ1) is 11.6. The van der Waals surface area contributed by atoms with Gasteiger partial charge < -0.3 is 15.2 Å². The van der Waals surface area contributed by atoms with Gasteiger partial charge in [0, 0.05) is 6.04 Å². The molecule has 1 unspecified atom stereocenters. The number of rotatable bonds is 3. The maximum Gasteiger partial charge on any atom is 0.174 e. The van der Waals surface area contributed by atoms with Gasteiger partial charge >= 0.3 is 0 Å². The summed E-state index contributed by atoms with van der Waals surface area (Å²) in [4.78, 5) is 0. The van der Waals surface area contributed by atoms with Gasteiger partial charge in [-0.3, -0.25) is 0 Å². The summed E-state index contributed by atoms with van der Waals surface area (Å²) >= 11 is 2.21. The van der Waals surface area contributed by atoms with Gasteiger partial charge in [-0.25, -0.2) is 0 Å². The molecule has 78 valence electrons. The van der Waals surface area contributed by atoms with Crippen LogP contribution in [0.5, 0.6) is 11.5 Å². The fourth-order valence-electron chi connectivity index (χ4n) is 1.20. The van der Waals surface area contributed by atoms with Gasteiger partial charge in [0.2, 0.25) is 0 Å². The standard InChI is InChI=1S/C10H14INO2/c1-6(12)7-4-8(11)10(14-3)9(5-7)13-2/h4-6H,12H2,1-3H3. The van der Waals surface area contributed by atoms with Crippen LogP contribution in [0.25, 0.3) is 0 Å². The number of benzene rings is 1. The zero-order chi connectivity index (χ0) is 10.7. The fraction of sp³-hybridized carbons (Fsp3) is 0.400. The van der Waals surface area contributed by atoms with Gasteiger partial charge in [-0.1, -0.05) is 0 Å². The van der Waals surface area contributed by atoms with Crippen molar-refractivity contribution in [2.45, 2.75) is 13.0 Å². The Bertz CT molecular complexity index is 326. The molecule has 0 amide bonds. The maximum atomic E-state index is 5.80. The minimum absolute atomic E-state index is 0.00308. The molecule has 0 aliphatic carbocycles. The van der Waals surface area contributed by atoms with Crippen LogP contribution in [0.3, 0.4) is 0 Å². The fourth-order valence-corrected chi connectivity index (χ4v) is 2.05. The van der Waals surface area contributed by atoms with Crippen molar-refractivity contribution < 1.29 is 9.47 Å². The van der Waals surface area contributed by atoms with E-state index in [1.807, 2.05) is 19.1 Å². The smallest absolute Gasteiger partial charge is 0.174 e. The van der Waals surface area contributed by atoms with Crippen molar-refractivity contribution in [1.82, 2.24) is 0 Å². The molecule has 0 radical (unpaired) electrons. The number of methoxy groups -OCH3 is 2. The average Bonchev–Trinajstić information content (AvgIpc) is 2.16. The summed E-state index contributed by atoms with van der Waals surface area (Å²) in [5, 5.41) is 0. The lowest BCUT2D eigenvalue weighted by molar-refractivity contribution is 0.352. The number of halogens is 1. The van der Waals surface area contributed by atoms with Crippen LogP contribution in [0.1, 0.15) is 18.5 Å². The van der Waals surface area contributed by atoms with Gasteiger partial charge in [-0.05, 0) is 47.2 Å². The highest BCUT2D eigenvalue weighted by Crippen LogP contribution is 2.34. The van der Waals surface area contributed by atoms with E-state index in [-0.39, 0.29) is 6.04 Å². The van der Waals surface area contributed by atoms with E-state index < -0.39 is 0 Å². The van der Waals surface area contributed by atoms with Crippen LogP contribution in [-0.2, 0) is 0 Å². The largest absolute Gasteiger partial charge is 0.493 e. The second kappa shape index (κ2) is 4.84. The quantitative estimate of drug-likeness (QED) is 0.872. The molecule has 0 saturated heterocycles. The lowest BCUT2D eigenvalue weighted by Crippen LogP contribution is -2.06. The molecule has 1 aromatic carbocycles. The lowest BCUT2D eigenvalue weighted by Gasteiger charge is -2.13. The number of hydrogen-bond acceptors (Lipinski definition) is 3. The molecule has 0 aliphatic rings. The predicted octanol–water partition coefficient (Wildman–Crippen LogP) is 2.33. The van der Waals surface area contributed by atoms with E-state index in [0.717, 1.165) is 20.6 Å². The lowest BCUT2D eigenvalue weighted by atomic mass is 10.1. The normalized spacial score (nSPS) is 12.4. The molecule has 2 N–H and O–H groups in total. The van der Waals surface area contributed by atoms with Crippen molar-refractivity contribution in [1.29, 1.82) is 0 Å². The molecule has 1 aromatic rings. The van der Waals surface area contributed by atoms with Gasteiger partial charge in [-0.2, -0.15) is 0 Å². The molecule has 14 heavy (non-hydrogen) atoms. The first-order valence-corrected chi connectivity index (χ1v) is 5.35. The summed E-state index contributed by atoms with van der Waals surface area (Å²) in [6.07, 6.45) is 0. The Balaban J connectivity index is 3.24. The Morgan fingerprint density at radius 2 is 1.93 bits per heavy atom. The molecule has 3 nitrogen and oxygen atoms in total. The number of nitrogens with two attached hydrogens (primary N) is 1. The molecule has 4 heteroatoms. The topological polar surface area (TPSA) is 44.5 Å². The third kappa shape index (κ3) is 2.30. The van der Waals surface area contributed by atoms with Crippen molar-refractivity contribution in [2.75, 3.05) is 14.2 Å². The zero-order valence-corrected chi connectivity index (χ0v) is 10.7. The van der Waals surface area contributed by atoms with Crippen LogP contribution >= 0.6 is 22.6 Å². The Labute approximate surface area is 97.7 Å². The molecule has 0 spiro atoms. The first-order chi connectivity index (χ1) is 6.60. The van der Waals surface area contributed by atoms with E-state index in [0.29, 0.717) is 0 Å². The second-order valence-electron chi connectivity index (χ2n) is 3.03. The van der Waals surface area contributed by atoms with E-state index in [9.17, 15) is 0 Å². The van der Waals surface area contributed by atoms with Crippen molar-refractivity contribution in [3.63, 3.8) is 0 Å². The third-order valence-corrected chi connectivity index (χ3v) is 2.78. The molecule has 1 rings (SSSR count). The first-order valence-electron chi connectivity index (χ1n) is 4.27. The van der Waals surface area contributed by atoms with Crippen LogP contribution in [-0.4, -0.2) is 14.2 Å². The predicted molar refractivity (Wildman–Crippen MR) is 64.9 cm³/mol. The van der Waals surface area contributed by atoms with Crippen molar-refractivity contribution in [3.05, 3.63) is 21.3 Å². The SMILES string of the molecule is COc1cc(C(C)N)cc(I)c1OC. The maximum absolute atomic E-state index is 5.80. The van der Waals surface area contributed by atoms with Crippen LogP contribution in [0.4, 0.5) is 0 Å². The van der Waals surface area contributed by atoms with Gasteiger partial charge in [0.15, 0.2) is 11.5 Å². The summed E-state index contributed by atoms with van der Waals surface area (Å²) in [7, 11) is 3.25. The highest BCUT2D eigenvalue weighted by molar-refractivity contribution is 14.1. The van der Waals surface area contributed by atoms with E-state index in [2.05, 4.69) is 22.6 Å². The summed E-state index contributed by atoms with van der Waals surface area (Å²) in [6.45, 7) is 1.94. The Kier molecular flexibility index (Phi) is 4.00. The molecule has 0 fully saturated rings. The van der Waals surface area contributed by atoms with Gasteiger partial charge in [0.1, 0.15) is 0 Å². The summed E-state index contributed by atoms with van der Waals surface area (Å²) in [6, 6.07) is 3.92. The Hall–Kier alpha value is -0.490. The van der Waals surface area contributed by atoms with Crippen LogP contribution in [0.2, 0.25) is 0 Å². The summed E-state index contributed by atoms with van der Waals surface area (Å²) < 4.78 is 11.5. The molecule has 1 atom stereocenters. The molecular formula is C10H14INO2. The average molecular weight is 307 g/mol. The third-order valence-electron chi connectivity index (χ3n) is 1.98. The van der Waals surface area contributed by atoms with E-state index in [4.69, 9.17) is 15.2 Å². The summed E-state index contributed by atoms with van der Waals surface area (Å²) in [5.74, 6) is 1.49. The highest BCUT2D eigenvalue weighted by atomic mass is 127. The summed E-state index contributed by atoms with van der Waals surface area (Å²) in [5.41, 5.74) is 6.85. The van der Waals surface area contributed by atoms with Gasteiger partial charge in [0.25, 0.3) is 0 Å². The molecular weight excluding hydrogens is 293 g/mol.